The van der Waals surface area contributed by atoms with Crippen molar-refractivity contribution in [2.24, 2.45) is 11.5 Å². The van der Waals surface area contributed by atoms with Gasteiger partial charge in [-0.2, -0.15) is 13.2 Å². The van der Waals surface area contributed by atoms with E-state index in [1.165, 1.54) is 0 Å². The summed E-state index contributed by atoms with van der Waals surface area (Å²) >= 11 is 0. The Balaban J connectivity index is 0.000000633. The van der Waals surface area contributed by atoms with E-state index in [2.05, 4.69) is 24.4 Å². The molecule has 2 rings (SSSR count). The quantitative estimate of drug-likeness (QED) is 0.300. The Morgan fingerprint density at radius 3 is 2.34 bits per heavy atom. The van der Waals surface area contributed by atoms with Gasteiger partial charge in [0.2, 0.25) is 0 Å². The summed E-state index contributed by atoms with van der Waals surface area (Å²) in [6.45, 7) is 4.46. The molecule has 0 aromatic heterocycles. The molecule has 2 aromatic carbocycles. The predicted molar refractivity (Wildman–Crippen MR) is 119 cm³/mol. The predicted octanol–water partition coefficient (Wildman–Crippen LogP) is 4.00. The van der Waals surface area contributed by atoms with Crippen LogP contribution in [0.2, 0.25) is 0 Å². The summed E-state index contributed by atoms with van der Waals surface area (Å²) in [6.07, 6.45) is -0.316. The Kier molecular flexibility index (Phi) is 11.9. The third-order valence-electron chi connectivity index (χ3n) is 4.86. The van der Waals surface area contributed by atoms with Crippen molar-refractivity contribution in [2.75, 3.05) is 13.1 Å². The second-order valence-electron chi connectivity index (χ2n) is 7.40. The highest BCUT2D eigenvalue weighted by molar-refractivity contribution is 6.05. The van der Waals surface area contributed by atoms with Gasteiger partial charge in [0.1, 0.15) is 0 Å². The van der Waals surface area contributed by atoms with E-state index in [9.17, 15) is 18.0 Å². The molecule has 0 fully saturated rings. The average molecular weight is 456 g/mol. The summed E-state index contributed by atoms with van der Waals surface area (Å²) in [5, 5.41) is 12.9. The first-order valence-corrected chi connectivity index (χ1v) is 10.6. The van der Waals surface area contributed by atoms with Crippen molar-refractivity contribution >= 4 is 22.5 Å². The zero-order valence-electron chi connectivity index (χ0n) is 18.3. The number of halogens is 3. The molecule has 0 saturated heterocycles. The van der Waals surface area contributed by atoms with Gasteiger partial charge in [-0.05, 0) is 48.7 Å². The van der Waals surface area contributed by atoms with Gasteiger partial charge in [0.05, 0.1) is 6.04 Å². The number of unbranched alkanes of at least 4 members (excludes halogenated alkanes) is 2. The van der Waals surface area contributed by atoms with Crippen LogP contribution in [0.1, 0.15) is 54.9 Å². The van der Waals surface area contributed by atoms with E-state index in [4.69, 9.17) is 21.4 Å². The van der Waals surface area contributed by atoms with Crippen LogP contribution >= 0.6 is 0 Å². The number of nitrogens with one attached hydrogen (secondary N) is 1. The van der Waals surface area contributed by atoms with E-state index >= 15 is 0 Å². The molecule has 0 bridgehead atoms. The van der Waals surface area contributed by atoms with E-state index in [0.29, 0.717) is 19.5 Å². The van der Waals surface area contributed by atoms with E-state index in [-0.39, 0.29) is 5.78 Å². The van der Waals surface area contributed by atoms with Gasteiger partial charge < -0.3 is 21.9 Å². The topological polar surface area (TPSA) is 118 Å². The van der Waals surface area contributed by atoms with Crippen LogP contribution in [0.5, 0.6) is 0 Å². The number of carboxylic acid groups (broad SMARTS) is 1. The summed E-state index contributed by atoms with van der Waals surface area (Å²) in [7, 11) is 0. The van der Waals surface area contributed by atoms with E-state index < -0.39 is 18.2 Å². The van der Waals surface area contributed by atoms with E-state index in [0.717, 1.165) is 54.1 Å². The first-order chi connectivity index (χ1) is 15.1. The summed E-state index contributed by atoms with van der Waals surface area (Å²) in [5.41, 5.74) is 13.5. The lowest BCUT2D eigenvalue weighted by atomic mass is 9.92. The number of carbonyl (C=O) groups is 2. The fourth-order valence-electron chi connectivity index (χ4n) is 3.11. The van der Waals surface area contributed by atoms with Crippen molar-refractivity contribution in [1.29, 1.82) is 0 Å². The van der Waals surface area contributed by atoms with Crippen molar-refractivity contribution in [3.8, 4) is 0 Å². The highest BCUT2D eigenvalue weighted by Crippen LogP contribution is 2.24. The number of Topliss-reactive ketones (excluding diaryl/α,β-unsaturated/α-hetero) is 1. The van der Waals surface area contributed by atoms with E-state index in [1.807, 2.05) is 24.3 Å². The first kappa shape index (κ1) is 27.5. The molecular formula is C23H32F3N3O3. The molecule has 0 spiro atoms. The zero-order chi connectivity index (χ0) is 24.1. The molecule has 0 saturated carbocycles. The highest BCUT2D eigenvalue weighted by Gasteiger charge is 2.38. The number of fused-ring (bicyclic) bond motifs is 1. The third-order valence-corrected chi connectivity index (χ3v) is 4.86. The van der Waals surface area contributed by atoms with Gasteiger partial charge in [-0.25, -0.2) is 4.79 Å². The fraction of sp³-hybridized carbons (Fsp3) is 0.478. The molecule has 0 radical (unpaired) electrons. The Morgan fingerprint density at radius 2 is 1.75 bits per heavy atom. The van der Waals surface area contributed by atoms with Gasteiger partial charge >= 0.3 is 12.1 Å². The average Bonchev–Trinajstić information content (AvgIpc) is 2.76. The Labute approximate surface area is 186 Å². The zero-order valence-corrected chi connectivity index (χ0v) is 18.3. The van der Waals surface area contributed by atoms with Gasteiger partial charge in [0.25, 0.3) is 0 Å². The number of rotatable bonds is 11. The molecule has 6 N–H and O–H groups in total. The molecule has 0 amide bonds. The second kappa shape index (κ2) is 13.8. The van der Waals surface area contributed by atoms with Crippen LogP contribution in [0, 0.1) is 0 Å². The molecule has 0 unspecified atom stereocenters. The van der Waals surface area contributed by atoms with Gasteiger partial charge in [0, 0.05) is 12.1 Å². The fourth-order valence-corrected chi connectivity index (χ4v) is 3.11. The summed E-state index contributed by atoms with van der Waals surface area (Å²) in [6, 6.07) is 11.7. The minimum atomic E-state index is -5.08. The largest absolute Gasteiger partial charge is 0.490 e. The van der Waals surface area contributed by atoms with Crippen LogP contribution < -0.4 is 16.8 Å². The Bertz CT molecular complexity index is 872. The lowest BCUT2D eigenvalue weighted by molar-refractivity contribution is -0.192. The smallest absolute Gasteiger partial charge is 0.475 e. The van der Waals surface area contributed by atoms with Crippen LogP contribution in [0.4, 0.5) is 13.2 Å². The van der Waals surface area contributed by atoms with Crippen molar-refractivity contribution in [2.45, 2.75) is 57.8 Å². The number of carboxylic acids is 1. The van der Waals surface area contributed by atoms with Gasteiger partial charge in [0.15, 0.2) is 5.78 Å². The SMILES string of the molecule is CCCCNCc1c(C(=O)[C@@H](N)CCCCN)ccc2ccccc12.O=C(O)C(F)(F)F. The summed E-state index contributed by atoms with van der Waals surface area (Å²) in [5.74, 6) is -2.72. The van der Waals surface area contributed by atoms with Crippen LogP contribution in [-0.2, 0) is 11.3 Å². The number of carbonyl (C=O) groups excluding carboxylic acids is 1. The first-order valence-electron chi connectivity index (χ1n) is 10.6. The summed E-state index contributed by atoms with van der Waals surface area (Å²) in [4.78, 5) is 21.8. The molecule has 0 aliphatic carbocycles. The second-order valence-corrected chi connectivity index (χ2v) is 7.40. The molecular weight excluding hydrogens is 423 g/mol. The minimum absolute atomic E-state index is 0.0371. The minimum Gasteiger partial charge on any atom is -0.475 e. The number of aliphatic carboxylic acids is 1. The number of ketones is 1. The standard InChI is InChI=1S/C21H31N3O.C2HF3O2/c1-2-3-14-24-15-19-17-9-5-4-8-16(17)11-12-18(19)21(25)20(23)10-6-7-13-22;3-2(4,5)1(6)7/h4-5,8-9,11-12,20,24H,2-3,6-7,10,13-15,22-23H2,1H3;(H,6,7)/t20-;/m0./s1. The van der Waals surface area contributed by atoms with Gasteiger partial charge in [-0.1, -0.05) is 56.2 Å². The Morgan fingerprint density at radius 1 is 1.09 bits per heavy atom. The molecule has 178 valence electrons. The number of hydrogen-bond donors (Lipinski definition) is 4. The Hall–Kier alpha value is -2.49. The molecule has 32 heavy (non-hydrogen) atoms. The third kappa shape index (κ3) is 8.94. The molecule has 0 heterocycles. The highest BCUT2D eigenvalue weighted by atomic mass is 19.4. The van der Waals surface area contributed by atoms with Crippen LogP contribution in [-0.4, -0.2) is 42.2 Å². The number of hydrogen-bond acceptors (Lipinski definition) is 5. The maximum absolute atomic E-state index is 12.9. The van der Waals surface area contributed by atoms with Crippen LogP contribution in [0.15, 0.2) is 36.4 Å². The van der Waals surface area contributed by atoms with Crippen molar-refractivity contribution in [1.82, 2.24) is 5.32 Å². The number of benzene rings is 2. The normalized spacial score (nSPS) is 12.2. The molecule has 2 aromatic rings. The van der Waals surface area contributed by atoms with Crippen LogP contribution in [0.25, 0.3) is 10.8 Å². The molecule has 9 heteroatoms. The van der Waals surface area contributed by atoms with Gasteiger partial charge in [-0.15, -0.1) is 0 Å². The lowest BCUT2D eigenvalue weighted by Crippen LogP contribution is -2.32. The van der Waals surface area contributed by atoms with E-state index in [1.54, 1.807) is 0 Å². The number of alkyl halides is 3. The monoisotopic (exact) mass is 455 g/mol. The lowest BCUT2D eigenvalue weighted by Gasteiger charge is -2.16. The van der Waals surface area contributed by atoms with Crippen molar-refractivity contribution in [3.05, 3.63) is 47.5 Å². The summed E-state index contributed by atoms with van der Waals surface area (Å²) < 4.78 is 31.7. The van der Waals surface area contributed by atoms with Crippen molar-refractivity contribution in [3.63, 3.8) is 0 Å². The van der Waals surface area contributed by atoms with Crippen LogP contribution in [0.3, 0.4) is 0 Å². The van der Waals surface area contributed by atoms with Crippen molar-refractivity contribution < 1.29 is 27.9 Å². The molecule has 6 nitrogen and oxygen atoms in total. The van der Waals surface area contributed by atoms with Gasteiger partial charge in [-0.3, -0.25) is 4.79 Å². The molecule has 0 aliphatic rings. The molecule has 0 aliphatic heterocycles. The maximum atomic E-state index is 12.9. The number of nitrogens with two attached hydrogens (primary N) is 2. The maximum Gasteiger partial charge on any atom is 0.490 e. The molecule has 1 atom stereocenters.